The van der Waals surface area contributed by atoms with Gasteiger partial charge >= 0.3 is 0 Å². The predicted octanol–water partition coefficient (Wildman–Crippen LogP) is 2.28. The summed E-state index contributed by atoms with van der Waals surface area (Å²) in [5.74, 6) is 1.25. The van der Waals surface area contributed by atoms with Crippen molar-refractivity contribution >= 4 is 10.8 Å². The van der Waals surface area contributed by atoms with Crippen molar-refractivity contribution in [2.45, 2.75) is 39.4 Å². The SMILES string of the molecule is CC(C)(C)NCc1ccc(F)c(CN2CCS(=O)CC2)c1. The maximum Gasteiger partial charge on any atom is 0.127 e. The summed E-state index contributed by atoms with van der Waals surface area (Å²) in [5.41, 5.74) is 1.88. The van der Waals surface area contributed by atoms with E-state index < -0.39 is 10.8 Å². The molecule has 0 saturated carbocycles. The van der Waals surface area contributed by atoms with Gasteiger partial charge in [0.1, 0.15) is 5.82 Å². The highest BCUT2D eigenvalue weighted by molar-refractivity contribution is 7.85. The van der Waals surface area contributed by atoms with Gasteiger partial charge in [-0.05, 0) is 32.4 Å². The molecule has 0 aromatic heterocycles. The molecule has 3 nitrogen and oxygen atoms in total. The van der Waals surface area contributed by atoms with Gasteiger partial charge < -0.3 is 5.32 Å². The molecule has 0 atom stereocenters. The maximum absolute atomic E-state index is 14.0. The van der Waals surface area contributed by atoms with Gasteiger partial charge in [0.2, 0.25) is 0 Å². The first-order valence-electron chi connectivity index (χ1n) is 7.43. The number of benzene rings is 1. The summed E-state index contributed by atoms with van der Waals surface area (Å²) in [6, 6.07) is 5.33. The number of halogens is 1. The molecule has 5 heteroatoms. The Bertz CT molecular complexity index is 503. The molecule has 0 radical (unpaired) electrons. The lowest BCUT2D eigenvalue weighted by Crippen LogP contribution is -2.37. The fraction of sp³-hybridized carbons (Fsp3) is 0.625. The third-order valence-electron chi connectivity index (χ3n) is 3.60. The zero-order chi connectivity index (χ0) is 15.5. The van der Waals surface area contributed by atoms with Crippen LogP contribution < -0.4 is 5.32 Å². The molecule has 1 aromatic carbocycles. The predicted molar refractivity (Wildman–Crippen MR) is 86.1 cm³/mol. The lowest BCUT2D eigenvalue weighted by Gasteiger charge is -2.26. The summed E-state index contributed by atoms with van der Waals surface area (Å²) < 4.78 is 25.3. The number of nitrogens with one attached hydrogen (secondary N) is 1. The van der Waals surface area contributed by atoms with E-state index in [0.717, 1.165) is 30.8 Å². The van der Waals surface area contributed by atoms with E-state index in [1.807, 2.05) is 12.1 Å². The molecule has 1 aromatic rings. The highest BCUT2D eigenvalue weighted by atomic mass is 32.2. The Morgan fingerprint density at radius 2 is 1.95 bits per heavy atom. The molecule has 1 saturated heterocycles. The van der Waals surface area contributed by atoms with Gasteiger partial charge in [-0.2, -0.15) is 0 Å². The van der Waals surface area contributed by atoms with Crippen molar-refractivity contribution in [3.8, 4) is 0 Å². The average molecular weight is 312 g/mol. The van der Waals surface area contributed by atoms with Crippen molar-refractivity contribution in [2.75, 3.05) is 24.6 Å². The van der Waals surface area contributed by atoms with E-state index >= 15 is 0 Å². The fourth-order valence-corrected chi connectivity index (χ4v) is 3.43. The van der Waals surface area contributed by atoms with Crippen molar-refractivity contribution in [3.05, 3.63) is 35.1 Å². The van der Waals surface area contributed by atoms with Crippen LogP contribution in [0.1, 0.15) is 31.9 Å². The second-order valence-electron chi connectivity index (χ2n) is 6.65. The van der Waals surface area contributed by atoms with Gasteiger partial charge in [-0.15, -0.1) is 0 Å². The van der Waals surface area contributed by atoms with Crippen LogP contribution in [0, 0.1) is 5.82 Å². The van der Waals surface area contributed by atoms with Gasteiger partial charge in [0, 0.05) is 59.6 Å². The summed E-state index contributed by atoms with van der Waals surface area (Å²) in [5, 5.41) is 3.42. The number of rotatable bonds is 4. The van der Waals surface area contributed by atoms with E-state index in [4.69, 9.17) is 0 Å². The molecule has 1 N–H and O–H groups in total. The van der Waals surface area contributed by atoms with Crippen LogP contribution in [0.3, 0.4) is 0 Å². The van der Waals surface area contributed by atoms with Crippen LogP contribution in [-0.2, 0) is 23.9 Å². The number of hydrogen-bond donors (Lipinski definition) is 1. The molecule has 1 fully saturated rings. The van der Waals surface area contributed by atoms with Crippen molar-refractivity contribution in [3.63, 3.8) is 0 Å². The Morgan fingerprint density at radius 1 is 1.29 bits per heavy atom. The lowest BCUT2D eigenvalue weighted by atomic mass is 10.1. The summed E-state index contributed by atoms with van der Waals surface area (Å²) in [4.78, 5) is 2.18. The summed E-state index contributed by atoms with van der Waals surface area (Å²) in [6.07, 6.45) is 0. The Balaban J connectivity index is 2.00. The van der Waals surface area contributed by atoms with Crippen molar-refractivity contribution in [1.82, 2.24) is 10.2 Å². The normalized spacial score (nSPS) is 18.1. The van der Waals surface area contributed by atoms with E-state index in [0.29, 0.717) is 18.1 Å². The van der Waals surface area contributed by atoms with Gasteiger partial charge in [0.05, 0.1) is 0 Å². The third-order valence-corrected chi connectivity index (χ3v) is 4.87. The Morgan fingerprint density at radius 3 is 2.57 bits per heavy atom. The smallest absolute Gasteiger partial charge is 0.127 e. The van der Waals surface area contributed by atoms with Crippen molar-refractivity contribution in [2.24, 2.45) is 0 Å². The van der Waals surface area contributed by atoms with Gasteiger partial charge in [-0.1, -0.05) is 12.1 Å². The molecule has 1 heterocycles. The summed E-state index contributed by atoms with van der Waals surface area (Å²) >= 11 is 0. The number of nitrogens with zero attached hydrogens (tertiary/aromatic N) is 1. The third kappa shape index (κ3) is 5.49. The van der Waals surface area contributed by atoms with Crippen LogP contribution in [0.15, 0.2) is 18.2 Å². The molecule has 0 spiro atoms. The largest absolute Gasteiger partial charge is 0.308 e. The average Bonchev–Trinajstić information content (AvgIpc) is 2.41. The molecule has 21 heavy (non-hydrogen) atoms. The van der Waals surface area contributed by atoms with Gasteiger partial charge in [-0.25, -0.2) is 4.39 Å². The van der Waals surface area contributed by atoms with E-state index in [2.05, 4.69) is 31.0 Å². The van der Waals surface area contributed by atoms with E-state index in [-0.39, 0.29) is 11.4 Å². The zero-order valence-electron chi connectivity index (χ0n) is 13.1. The first kappa shape index (κ1) is 16.6. The van der Waals surface area contributed by atoms with Crippen molar-refractivity contribution in [1.29, 1.82) is 0 Å². The molecule has 0 unspecified atom stereocenters. The second kappa shape index (κ2) is 6.99. The van der Waals surface area contributed by atoms with E-state index in [1.165, 1.54) is 0 Å². The monoisotopic (exact) mass is 312 g/mol. The van der Waals surface area contributed by atoms with Crippen LogP contribution in [0.4, 0.5) is 4.39 Å². The molecule has 2 rings (SSSR count). The Labute approximate surface area is 129 Å². The molecule has 0 bridgehead atoms. The van der Waals surface area contributed by atoms with Crippen LogP contribution >= 0.6 is 0 Å². The molecule has 118 valence electrons. The minimum atomic E-state index is -0.687. The summed E-state index contributed by atoms with van der Waals surface area (Å²) in [6.45, 7) is 9.27. The van der Waals surface area contributed by atoms with E-state index in [9.17, 15) is 8.60 Å². The maximum atomic E-state index is 14.0. The minimum Gasteiger partial charge on any atom is -0.308 e. The Kier molecular flexibility index (Phi) is 5.52. The lowest BCUT2D eigenvalue weighted by molar-refractivity contribution is 0.287. The molecule has 0 amide bonds. The summed E-state index contributed by atoms with van der Waals surface area (Å²) in [7, 11) is -0.687. The highest BCUT2D eigenvalue weighted by Crippen LogP contribution is 2.15. The van der Waals surface area contributed by atoms with E-state index in [1.54, 1.807) is 6.07 Å². The molecule has 1 aliphatic heterocycles. The molecule has 1 aliphatic rings. The fourth-order valence-electron chi connectivity index (χ4n) is 2.30. The van der Waals surface area contributed by atoms with Crippen LogP contribution in [0.2, 0.25) is 0 Å². The molecular formula is C16H25FN2OS. The standard InChI is InChI=1S/C16H25FN2OS/c1-16(2,3)18-11-13-4-5-15(17)14(10-13)12-19-6-8-21(20)9-7-19/h4-5,10,18H,6-9,11-12H2,1-3H3. The number of hydrogen-bond acceptors (Lipinski definition) is 3. The molecule has 0 aliphatic carbocycles. The first-order chi connectivity index (χ1) is 9.83. The zero-order valence-corrected chi connectivity index (χ0v) is 13.9. The van der Waals surface area contributed by atoms with Crippen LogP contribution in [0.25, 0.3) is 0 Å². The molecular weight excluding hydrogens is 287 g/mol. The minimum absolute atomic E-state index is 0.0471. The van der Waals surface area contributed by atoms with Crippen LogP contribution in [-0.4, -0.2) is 39.2 Å². The first-order valence-corrected chi connectivity index (χ1v) is 8.92. The highest BCUT2D eigenvalue weighted by Gasteiger charge is 2.17. The van der Waals surface area contributed by atoms with Crippen LogP contribution in [0.5, 0.6) is 0 Å². The quantitative estimate of drug-likeness (QED) is 0.926. The van der Waals surface area contributed by atoms with Gasteiger partial charge in [0.15, 0.2) is 0 Å². The topological polar surface area (TPSA) is 32.3 Å². The Hall–Kier alpha value is -0.780. The second-order valence-corrected chi connectivity index (χ2v) is 8.35. The van der Waals surface area contributed by atoms with Gasteiger partial charge in [0.25, 0.3) is 0 Å². The van der Waals surface area contributed by atoms with Gasteiger partial charge in [-0.3, -0.25) is 9.11 Å². The van der Waals surface area contributed by atoms with Crippen molar-refractivity contribution < 1.29 is 8.60 Å².